The van der Waals surface area contributed by atoms with Crippen LogP contribution in [0.3, 0.4) is 0 Å². The van der Waals surface area contributed by atoms with Gasteiger partial charge < -0.3 is 4.74 Å². The summed E-state index contributed by atoms with van der Waals surface area (Å²) in [5.41, 5.74) is 0. The Bertz CT molecular complexity index is 215. The molecule has 0 bridgehead atoms. The molecule has 0 aliphatic carbocycles. The van der Waals surface area contributed by atoms with Gasteiger partial charge >= 0.3 is 5.97 Å². The van der Waals surface area contributed by atoms with E-state index in [0.29, 0.717) is 6.61 Å². The summed E-state index contributed by atoms with van der Waals surface area (Å²) in [4.78, 5) is 10.5. The minimum atomic E-state index is -0.214. The average molecular weight is 275 g/mol. The normalized spacial score (nSPS) is 11.0. The maximum absolute atomic E-state index is 10.5. The zero-order valence-electron chi connectivity index (χ0n) is 11.6. The van der Waals surface area contributed by atoms with E-state index >= 15 is 0 Å². The highest BCUT2D eigenvalue weighted by Crippen LogP contribution is 2.10. The lowest BCUT2D eigenvalue weighted by atomic mass is 10.1. The number of ether oxygens (including phenoxy) is 1. The van der Waals surface area contributed by atoms with E-state index in [-0.39, 0.29) is 5.97 Å². The largest absolute Gasteiger partial charge is 0.462 e. The van der Waals surface area contributed by atoms with Crippen molar-refractivity contribution in [2.24, 2.45) is 0 Å². The summed E-state index contributed by atoms with van der Waals surface area (Å²) in [5, 5.41) is 0. The number of alkyl halides is 1. The molecular weight excluding hydrogens is 248 g/mol. The summed E-state index contributed by atoms with van der Waals surface area (Å²) in [6, 6.07) is 0. The third kappa shape index (κ3) is 15.5. The Kier molecular flexibility index (Phi) is 14.2. The van der Waals surface area contributed by atoms with E-state index in [1.54, 1.807) is 0 Å². The Morgan fingerprint density at radius 2 is 1.50 bits per heavy atom. The van der Waals surface area contributed by atoms with Crippen molar-refractivity contribution >= 4 is 17.6 Å². The van der Waals surface area contributed by atoms with Gasteiger partial charge in [0, 0.05) is 12.8 Å². The molecule has 0 aromatic rings. The van der Waals surface area contributed by atoms with Gasteiger partial charge in [-0.2, -0.15) is 0 Å². The van der Waals surface area contributed by atoms with E-state index in [2.05, 4.69) is 6.08 Å². The van der Waals surface area contributed by atoms with Crippen LogP contribution in [0.4, 0.5) is 0 Å². The van der Waals surface area contributed by atoms with Gasteiger partial charge in [-0.3, -0.25) is 4.79 Å². The summed E-state index contributed by atoms with van der Waals surface area (Å²) < 4.78 is 4.80. The maximum atomic E-state index is 10.5. The number of hydrogen-bond acceptors (Lipinski definition) is 2. The molecule has 2 nitrogen and oxygen atoms in total. The first-order valence-corrected chi connectivity index (χ1v) is 7.65. The van der Waals surface area contributed by atoms with Crippen LogP contribution >= 0.6 is 11.6 Å². The SMILES string of the molecule is CC(=O)OC/C=C/CCCCCCCCCCCl. The zero-order valence-corrected chi connectivity index (χ0v) is 12.4. The first kappa shape index (κ1) is 17.5. The summed E-state index contributed by atoms with van der Waals surface area (Å²) in [7, 11) is 0. The second-order valence-electron chi connectivity index (χ2n) is 4.58. The lowest BCUT2D eigenvalue weighted by Gasteiger charge is -2.00. The fourth-order valence-electron chi connectivity index (χ4n) is 1.77. The highest BCUT2D eigenvalue weighted by molar-refractivity contribution is 6.17. The molecule has 0 rings (SSSR count). The first-order chi connectivity index (χ1) is 8.77. The van der Waals surface area contributed by atoms with E-state index < -0.39 is 0 Å². The quantitative estimate of drug-likeness (QED) is 0.220. The molecule has 0 spiro atoms. The van der Waals surface area contributed by atoms with Gasteiger partial charge in [0.1, 0.15) is 6.61 Å². The van der Waals surface area contributed by atoms with Gasteiger partial charge in [-0.05, 0) is 19.3 Å². The van der Waals surface area contributed by atoms with Gasteiger partial charge in [0.15, 0.2) is 0 Å². The van der Waals surface area contributed by atoms with Crippen molar-refractivity contribution < 1.29 is 9.53 Å². The molecule has 0 fully saturated rings. The number of rotatable bonds is 12. The number of unbranched alkanes of at least 4 members (excludes halogenated alkanes) is 8. The molecule has 0 radical (unpaired) electrons. The molecule has 0 aliphatic rings. The molecule has 0 aromatic heterocycles. The fraction of sp³-hybridized carbons (Fsp3) is 0.800. The van der Waals surface area contributed by atoms with E-state index in [1.807, 2.05) is 6.08 Å². The van der Waals surface area contributed by atoms with Gasteiger partial charge in [-0.25, -0.2) is 0 Å². The third-order valence-electron chi connectivity index (χ3n) is 2.80. The Morgan fingerprint density at radius 3 is 2.06 bits per heavy atom. The predicted octanol–water partition coefficient (Wildman–Crippen LogP) is 4.86. The predicted molar refractivity (Wildman–Crippen MR) is 78.0 cm³/mol. The zero-order chi connectivity index (χ0) is 13.5. The Labute approximate surface area is 117 Å². The van der Waals surface area contributed by atoms with Crippen molar-refractivity contribution in [1.29, 1.82) is 0 Å². The molecule has 106 valence electrons. The summed E-state index contributed by atoms with van der Waals surface area (Å²) >= 11 is 5.62. The fourth-order valence-corrected chi connectivity index (χ4v) is 1.96. The van der Waals surface area contributed by atoms with Crippen molar-refractivity contribution in [3.63, 3.8) is 0 Å². The van der Waals surface area contributed by atoms with E-state index in [9.17, 15) is 4.79 Å². The molecule has 0 amide bonds. The molecule has 0 aliphatic heterocycles. The summed E-state index contributed by atoms with van der Waals surface area (Å²) in [6.45, 7) is 1.84. The summed E-state index contributed by atoms with van der Waals surface area (Å²) in [6.07, 6.45) is 15.4. The number of allylic oxidation sites excluding steroid dienone is 1. The lowest BCUT2D eigenvalue weighted by Crippen LogP contribution is -1.97. The van der Waals surface area contributed by atoms with Crippen LogP contribution in [0.25, 0.3) is 0 Å². The molecule has 3 heteroatoms. The smallest absolute Gasteiger partial charge is 0.302 e. The topological polar surface area (TPSA) is 26.3 Å². The minimum absolute atomic E-state index is 0.214. The molecule has 0 heterocycles. The van der Waals surface area contributed by atoms with Crippen LogP contribution in [0.5, 0.6) is 0 Å². The van der Waals surface area contributed by atoms with Crippen LogP contribution in [0.1, 0.15) is 64.7 Å². The van der Waals surface area contributed by atoms with Crippen molar-refractivity contribution in [3.8, 4) is 0 Å². The molecular formula is C15H27ClO2. The Morgan fingerprint density at radius 1 is 0.944 bits per heavy atom. The van der Waals surface area contributed by atoms with E-state index in [1.165, 1.54) is 51.9 Å². The monoisotopic (exact) mass is 274 g/mol. The molecule has 0 unspecified atom stereocenters. The minimum Gasteiger partial charge on any atom is -0.462 e. The van der Waals surface area contributed by atoms with Crippen molar-refractivity contribution in [2.75, 3.05) is 12.5 Å². The van der Waals surface area contributed by atoms with E-state index in [4.69, 9.17) is 16.3 Å². The first-order valence-electron chi connectivity index (χ1n) is 7.11. The lowest BCUT2D eigenvalue weighted by molar-refractivity contribution is -0.139. The molecule has 0 N–H and O–H groups in total. The number of carbonyl (C=O) groups excluding carboxylic acids is 1. The van der Waals surface area contributed by atoms with Crippen molar-refractivity contribution in [1.82, 2.24) is 0 Å². The molecule has 0 aromatic carbocycles. The van der Waals surface area contributed by atoms with Crippen LogP contribution in [0, 0.1) is 0 Å². The van der Waals surface area contributed by atoms with Crippen LogP contribution in [0.15, 0.2) is 12.2 Å². The Hall–Kier alpha value is -0.500. The highest BCUT2D eigenvalue weighted by atomic mass is 35.5. The molecule has 0 saturated heterocycles. The van der Waals surface area contributed by atoms with Crippen molar-refractivity contribution in [2.45, 2.75) is 64.7 Å². The third-order valence-corrected chi connectivity index (χ3v) is 3.07. The second-order valence-corrected chi connectivity index (χ2v) is 4.96. The van der Waals surface area contributed by atoms with E-state index in [0.717, 1.165) is 18.7 Å². The maximum Gasteiger partial charge on any atom is 0.302 e. The van der Waals surface area contributed by atoms with Gasteiger partial charge in [0.2, 0.25) is 0 Å². The number of esters is 1. The highest BCUT2D eigenvalue weighted by Gasteiger charge is 1.91. The summed E-state index contributed by atoms with van der Waals surface area (Å²) in [5.74, 6) is 0.591. The number of carbonyl (C=O) groups is 1. The molecule has 18 heavy (non-hydrogen) atoms. The van der Waals surface area contributed by atoms with Gasteiger partial charge in [0.25, 0.3) is 0 Å². The standard InChI is InChI=1S/C15H27ClO2/c1-15(17)18-14-12-10-8-6-4-2-3-5-7-9-11-13-16/h10,12H,2-9,11,13-14H2,1H3/b12-10+. The van der Waals surface area contributed by atoms with Gasteiger partial charge in [-0.1, -0.05) is 50.7 Å². The van der Waals surface area contributed by atoms with Gasteiger partial charge in [0.05, 0.1) is 0 Å². The van der Waals surface area contributed by atoms with Gasteiger partial charge in [-0.15, -0.1) is 11.6 Å². The average Bonchev–Trinajstić information content (AvgIpc) is 2.34. The Balaban J connectivity index is 3.04. The van der Waals surface area contributed by atoms with Crippen LogP contribution in [-0.4, -0.2) is 18.5 Å². The molecule has 0 atom stereocenters. The number of hydrogen-bond donors (Lipinski definition) is 0. The second kappa shape index (κ2) is 14.6. The van der Waals surface area contributed by atoms with Crippen molar-refractivity contribution in [3.05, 3.63) is 12.2 Å². The van der Waals surface area contributed by atoms with Crippen LogP contribution < -0.4 is 0 Å². The van der Waals surface area contributed by atoms with Crippen LogP contribution in [-0.2, 0) is 9.53 Å². The molecule has 0 saturated carbocycles. The van der Waals surface area contributed by atoms with Crippen LogP contribution in [0.2, 0.25) is 0 Å². The number of halogens is 1.